The van der Waals surface area contributed by atoms with E-state index in [0.717, 1.165) is 0 Å². The van der Waals surface area contributed by atoms with Gasteiger partial charge in [0.1, 0.15) is 17.3 Å². The number of unbranched alkanes of at least 4 members (excludes halogenated alkanes) is 1. The van der Waals surface area contributed by atoms with Gasteiger partial charge < -0.3 is 19.5 Å². The van der Waals surface area contributed by atoms with Crippen molar-refractivity contribution in [2.24, 2.45) is 0 Å². The molecule has 1 N–H and O–H groups in total. The summed E-state index contributed by atoms with van der Waals surface area (Å²) in [5.74, 6) is -0.292. The van der Waals surface area contributed by atoms with Gasteiger partial charge in [0, 0.05) is 31.1 Å². The molecule has 0 atom stereocenters. The molecule has 0 fully saturated rings. The number of carboxylic acid groups (broad SMARTS) is 1. The van der Waals surface area contributed by atoms with Crippen molar-refractivity contribution in [3.8, 4) is 11.5 Å². The molecule has 2 aromatic rings. The highest BCUT2D eigenvalue weighted by Gasteiger charge is 2.18. The SMILES string of the molecule is COc1cc(OC)cc(C(=O)N(CCCCC(=O)O)CCCc2ccccc2F)c1. The molecular weight excluding hydrogens is 389 g/mol. The first-order chi connectivity index (χ1) is 14.4. The Balaban J connectivity index is 2.10. The summed E-state index contributed by atoms with van der Waals surface area (Å²) in [4.78, 5) is 25.6. The van der Waals surface area contributed by atoms with Gasteiger partial charge in [0.2, 0.25) is 0 Å². The molecule has 0 aromatic heterocycles. The molecule has 7 heteroatoms. The van der Waals surface area contributed by atoms with Crippen LogP contribution in [-0.2, 0) is 11.2 Å². The maximum absolute atomic E-state index is 13.9. The van der Waals surface area contributed by atoms with Crippen LogP contribution in [0.5, 0.6) is 11.5 Å². The van der Waals surface area contributed by atoms with Crippen LogP contribution in [0.15, 0.2) is 42.5 Å². The summed E-state index contributed by atoms with van der Waals surface area (Å²) in [6.45, 7) is 0.850. The summed E-state index contributed by atoms with van der Waals surface area (Å²) in [6, 6.07) is 11.6. The Morgan fingerprint density at radius 2 is 1.60 bits per heavy atom. The lowest BCUT2D eigenvalue weighted by Crippen LogP contribution is -2.33. The molecule has 6 nitrogen and oxygen atoms in total. The van der Waals surface area contributed by atoms with Crippen molar-refractivity contribution < 1.29 is 28.6 Å². The summed E-state index contributed by atoms with van der Waals surface area (Å²) in [5.41, 5.74) is 1.04. The van der Waals surface area contributed by atoms with Gasteiger partial charge in [-0.15, -0.1) is 0 Å². The summed E-state index contributed by atoms with van der Waals surface area (Å²) >= 11 is 0. The van der Waals surface area contributed by atoms with Gasteiger partial charge in [-0.2, -0.15) is 0 Å². The van der Waals surface area contributed by atoms with Gasteiger partial charge in [-0.3, -0.25) is 9.59 Å². The topological polar surface area (TPSA) is 76.1 Å². The van der Waals surface area contributed by atoms with E-state index in [-0.39, 0.29) is 18.1 Å². The highest BCUT2D eigenvalue weighted by atomic mass is 19.1. The minimum absolute atomic E-state index is 0.0598. The van der Waals surface area contributed by atoms with Crippen molar-refractivity contribution in [1.29, 1.82) is 0 Å². The second-order valence-corrected chi connectivity index (χ2v) is 6.94. The van der Waals surface area contributed by atoms with E-state index in [9.17, 15) is 14.0 Å². The molecule has 162 valence electrons. The Morgan fingerprint density at radius 3 is 2.20 bits per heavy atom. The van der Waals surface area contributed by atoms with E-state index >= 15 is 0 Å². The third-order valence-corrected chi connectivity index (χ3v) is 4.79. The number of halogens is 1. The smallest absolute Gasteiger partial charge is 0.303 e. The number of ether oxygens (including phenoxy) is 2. The Kier molecular flexibility index (Phi) is 9.12. The van der Waals surface area contributed by atoms with Gasteiger partial charge >= 0.3 is 5.97 Å². The monoisotopic (exact) mass is 417 g/mol. The molecule has 0 aliphatic rings. The van der Waals surface area contributed by atoms with Crippen LogP contribution in [0.25, 0.3) is 0 Å². The fourth-order valence-electron chi connectivity index (χ4n) is 3.17. The second kappa shape index (κ2) is 11.8. The number of carbonyl (C=O) groups excluding carboxylic acids is 1. The lowest BCUT2D eigenvalue weighted by molar-refractivity contribution is -0.137. The third kappa shape index (κ3) is 7.06. The normalized spacial score (nSPS) is 10.5. The zero-order valence-electron chi connectivity index (χ0n) is 17.4. The predicted octanol–water partition coefficient (Wildman–Crippen LogP) is 4.17. The molecule has 0 radical (unpaired) electrons. The number of amides is 1. The summed E-state index contributed by atoms with van der Waals surface area (Å²) in [6.07, 6.45) is 2.21. The minimum Gasteiger partial charge on any atom is -0.497 e. The van der Waals surface area contributed by atoms with Crippen LogP contribution >= 0.6 is 0 Å². The number of nitrogens with zero attached hydrogens (tertiary/aromatic N) is 1. The number of aliphatic carboxylic acids is 1. The maximum atomic E-state index is 13.9. The van der Waals surface area contributed by atoms with Crippen LogP contribution in [0.1, 0.15) is 41.6 Å². The van der Waals surface area contributed by atoms with E-state index in [1.807, 2.05) is 0 Å². The van der Waals surface area contributed by atoms with Crippen molar-refractivity contribution in [2.45, 2.75) is 32.1 Å². The van der Waals surface area contributed by atoms with Crippen molar-refractivity contribution >= 4 is 11.9 Å². The molecule has 30 heavy (non-hydrogen) atoms. The van der Waals surface area contributed by atoms with Crippen LogP contribution < -0.4 is 9.47 Å². The molecule has 1 amide bonds. The highest BCUT2D eigenvalue weighted by Crippen LogP contribution is 2.24. The number of aryl methyl sites for hydroxylation is 1. The van der Waals surface area contributed by atoms with Crippen LogP contribution in [0.2, 0.25) is 0 Å². The van der Waals surface area contributed by atoms with Crippen LogP contribution in [-0.4, -0.2) is 49.2 Å². The predicted molar refractivity (Wildman–Crippen MR) is 112 cm³/mol. The largest absolute Gasteiger partial charge is 0.497 e. The van der Waals surface area contributed by atoms with E-state index in [2.05, 4.69) is 0 Å². The number of rotatable bonds is 12. The number of carboxylic acids is 1. The summed E-state index contributed by atoms with van der Waals surface area (Å²) in [5, 5.41) is 8.83. The van der Waals surface area contributed by atoms with E-state index < -0.39 is 5.97 Å². The van der Waals surface area contributed by atoms with E-state index in [1.54, 1.807) is 41.3 Å². The molecule has 2 rings (SSSR count). The molecule has 0 unspecified atom stereocenters. The number of methoxy groups -OCH3 is 2. The molecule has 0 spiro atoms. The van der Waals surface area contributed by atoms with Gasteiger partial charge in [-0.05, 0) is 49.4 Å². The Labute approximate surface area is 176 Å². The van der Waals surface area contributed by atoms with Gasteiger partial charge in [-0.1, -0.05) is 18.2 Å². The number of benzene rings is 2. The van der Waals surface area contributed by atoms with Crippen LogP contribution in [0.4, 0.5) is 4.39 Å². The number of carbonyl (C=O) groups is 2. The van der Waals surface area contributed by atoms with Gasteiger partial charge in [0.05, 0.1) is 14.2 Å². The summed E-state index contributed by atoms with van der Waals surface area (Å²) in [7, 11) is 3.03. The van der Waals surface area contributed by atoms with E-state index in [4.69, 9.17) is 14.6 Å². The first-order valence-electron chi connectivity index (χ1n) is 9.92. The fourth-order valence-corrected chi connectivity index (χ4v) is 3.17. The Morgan fingerprint density at radius 1 is 0.967 bits per heavy atom. The summed E-state index contributed by atoms with van der Waals surface area (Å²) < 4.78 is 24.4. The number of hydrogen-bond acceptors (Lipinski definition) is 4. The van der Waals surface area contributed by atoms with Gasteiger partial charge in [-0.25, -0.2) is 4.39 Å². The average Bonchev–Trinajstić information content (AvgIpc) is 2.75. The van der Waals surface area contributed by atoms with Gasteiger partial charge in [0.25, 0.3) is 5.91 Å². The van der Waals surface area contributed by atoms with Crippen molar-refractivity contribution in [3.63, 3.8) is 0 Å². The zero-order valence-corrected chi connectivity index (χ0v) is 17.4. The lowest BCUT2D eigenvalue weighted by atomic mass is 10.1. The lowest BCUT2D eigenvalue weighted by Gasteiger charge is -2.23. The van der Waals surface area contributed by atoms with E-state index in [1.165, 1.54) is 20.3 Å². The second-order valence-electron chi connectivity index (χ2n) is 6.94. The quantitative estimate of drug-likeness (QED) is 0.525. The minimum atomic E-state index is -0.857. The van der Waals surface area contributed by atoms with Crippen molar-refractivity contribution in [2.75, 3.05) is 27.3 Å². The van der Waals surface area contributed by atoms with E-state index in [0.29, 0.717) is 61.4 Å². The first kappa shape index (κ1) is 23.2. The Bertz CT molecular complexity index is 833. The number of hydrogen-bond donors (Lipinski definition) is 1. The fraction of sp³-hybridized carbons (Fsp3) is 0.391. The molecule has 0 aliphatic carbocycles. The maximum Gasteiger partial charge on any atom is 0.303 e. The first-order valence-corrected chi connectivity index (χ1v) is 9.92. The Hall–Kier alpha value is -3.09. The molecule has 0 saturated carbocycles. The molecular formula is C23H28FNO5. The average molecular weight is 417 g/mol. The van der Waals surface area contributed by atoms with Crippen molar-refractivity contribution in [1.82, 2.24) is 4.90 Å². The molecule has 0 heterocycles. The highest BCUT2D eigenvalue weighted by molar-refractivity contribution is 5.95. The van der Waals surface area contributed by atoms with Crippen LogP contribution in [0, 0.1) is 5.82 Å². The molecule has 2 aromatic carbocycles. The molecule has 0 saturated heterocycles. The molecule has 0 aliphatic heterocycles. The zero-order chi connectivity index (χ0) is 21.9. The van der Waals surface area contributed by atoms with Crippen LogP contribution in [0.3, 0.4) is 0 Å². The molecule has 0 bridgehead atoms. The van der Waals surface area contributed by atoms with Gasteiger partial charge in [0.15, 0.2) is 0 Å². The van der Waals surface area contributed by atoms with Crippen molar-refractivity contribution in [3.05, 3.63) is 59.4 Å². The standard InChI is InChI=1S/C23H28FNO5/c1-29-19-14-18(15-20(16-19)30-2)23(28)25(12-6-5-11-22(26)27)13-7-9-17-8-3-4-10-21(17)24/h3-4,8,10,14-16H,5-7,9,11-13H2,1-2H3,(H,26,27). The third-order valence-electron chi connectivity index (χ3n) is 4.79.